The van der Waals surface area contributed by atoms with Crippen LogP contribution in [0.1, 0.15) is 26.5 Å². The van der Waals surface area contributed by atoms with E-state index in [1.165, 1.54) is 65.3 Å². The fraction of sp³-hybridized carbons (Fsp3) is 0.0816. The molecule has 0 bridgehead atoms. The van der Waals surface area contributed by atoms with Gasteiger partial charge in [-0.25, -0.2) is 4.98 Å². The van der Waals surface area contributed by atoms with Crippen LogP contribution in [0.3, 0.4) is 0 Å². The number of anilines is 3. The van der Waals surface area contributed by atoms with Crippen LogP contribution in [0.15, 0.2) is 176 Å². The van der Waals surface area contributed by atoms with Crippen LogP contribution in [-0.2, 0) is 5.41 Å². The Morgan fingerprint density at radius 1 is 0.412 bits per heavy atom. The summed E-state index contributed by atoms with van der Waals surface area (Å²) in [5, 5.41) is 10.1. The molecule has 0 fully saturated rings. The Hall–Kier alpha value is -6.25. The summed E-state index contributed by atoms with van der Waals surface area (Å²) in [6, 6.07) is 63.7. The molecule has 8 aromatic carbocycles. The van der Waals surface area contributed by atoms with Crippen molar-refractivity contribution >= 4 is 60.3 Å². The van der Waals surface area contributed by atoms with Crippen LogP contribution in [-0.4, -0.2) is 4.98 Å². The predicted molar refractivity (Wildman–Crippen MR) is 219 cm³/mol. The number of nitrogens with zero attached hydrogens (tertiary/aromatic N) is 2. The summed E-state index contributed by atoms with van der Waals surface area (Å²) < 4.78 is 0. The highest BCUT2D eigenvalue weighted by atomic mass is 15.2. The molecule has 0 atom stereocenters. The molecule has 0 aliphatic rings. The van der Waals surface area contributed by atoms with Gasteiger partial charge in [0.15, 0.2) is 0 Å². The van der Waals surface area contributed by atoms with Gasteiger partial charge >= 0.3 is 0 Å². The molecule has 9 rings (SSSR count). The first-order valence-corrected chi connectivity index (χ1v) is 17.7. The Balaban J connectivity index is 1.26. The predicted octanol–water partition coefficient (Wildman–Crippen LogP) is 13.8. The molecule has 244 valence electrons. The van der Waals surface area contributed by atoms with E-state index in [0.717, 1.165) is 22.9 Å². The number of rotatable bonds is 5. The molecule has 0 saturated heterocycles. The lowest BCUT2D eigenvalue weighted by atomic mass is 9.84. The van der Waals surface area contributed by atoms with Gasteiger partial charge in [-0.1, -0.05) is 154 Å². The van der Waals surface area contributed by atoms with Gasteiger partial charge in [-0.15, -0.1) is 0 Å². The maximum Gasteiger partial charge on any atom is 0.137 e. The normalized spacial score (nSPS) is 11.8. The van der Waals surface area contributed by atoms with E-state index in [-0.39, 0.29) is 5.41 Å². The molecule has 9 aromatic rings. The maximum absolute atomic E-state index is 5.16. The van der Waals surface area contributed by atoms with E-state index in [2.05, 4.69) is 202 Å². The van der Waals surface area contributed by atoms with Gasteiger partial charge in [0.05, 0.1) is 0 Å². The number of fused-ring (bicyclic) bond motifs is 5. The Bertz CT molecular complexity index is 2660. The molecule has 0 aliphatic carbocycles. The highest BCUT2D eigenvalue weighted by Gasteiger charge is 2.21. The fourth-order valence-corrected chi connectivity index (χ4v) is 7.72. The maximum atomic E-state index is 5.16. The summed E-state index contributed by atoms with van der Waals surface area (Å²) >= 11 is 0. The van der Waals surface area contributed by atoms with Crippen molar-refractivity contribution in [2.24, 2.45) is 0 Å². The average molecular weight is 655 g/mol. The number of pyridine rings is 1. The van der Waals surface area contributed by atoms with Crippen molar-refractivity contribution in [1.82, 2.24) is 4.98 Å². The van der Waals surface area contributed by atoms with Crippen molar-refractivity contribution in [3.8, 4) is 22.3 Å². The zero-order valence-electron chi connectivity index (χ0n) is 29.1. The smallest absolute Gasteiger partial charge is 0.137 e. The largest absolute Gasteiger partial charge is 0.295 e. The second-order valence-corrected chi connectivity index (χ2v) is 14.4. The van der Waals surface area contributed by atoms with E-state index in [4.69, 9.17) is 4.98 Å². The Kier molecular flexibility index (Phi) is 7.40. The van der Waals surface area contributed by atoms with Crippen molar-refractivity contribution in [1.29, 1.82) is 0 Å². The van der Waals surface area contributed by atoms with Crippen LogP contribution < -0.4 is 4.90 Å². The molecule has 0 amide bonds. The number of aromatic nitrogens is 1. The lowest BCUT2D eigenvalue weighted by Gasteiger charge is -2.27. The van der Waals surface area contributed by atoms with Gasteiger partial charge in [0, 0.05) is 22.5 Å². The zero-order chi connectivity index (χ0) is 34.5. The van der Waals surface area contributed by atoms with E-state index in [1.54, 1.807) is 0 Å². The van der Waals surface area contributed by atoms with Gasteiger partial charge < -0.3 is 0 Å². The van der Waals surface area contributed by atoms with Gasteiger partial charge in [-0.05, 0) is 108 Å². The van der Waals surface area contributed by atoms with Crippen molar-refractivity contribution in [2.45, 2.75) is 26.2 Å². The van der Waals surface area contributed by atoms with Crippen molar-refractivity contribution in [2.75, 3.05) is 4.90 Å². The average Bonchev–Trinajstić information content (AvgIpc) is 3.17. The number of hydrogen-bond donors (Lipinski definition) is 0. The second-order valence-electron chi connectivity index (χ2n) is 14.4. The molecule has 0 spiro atoms. The zero-order valence-corrected chi connectivity index (χ0v) is 29.1. The molecule has 1 heterocycles. The van der Waals surface area contributed by atoms with Crippen molar-refractivity contribution in [3.05, 3.63) is 182 Å². The minimum absolute atomic E-state index is 0.0599. The van der Waals surface area contributed by atoms with Crippen molar-refractivity contribution < 1.29 is 0 Å². The number of benzene rings is 8. The summed E-state index contributed by atoms with van der Waals surface area (Å²) in [6.07, 6.45) is 0. The minimum atomic E-state index is -0.0599. The molecular weight excluding hydrogens is 617 g/mol. The molecule has 2 nitrogen and oxygen atoms in total. The second kappa shape index (κ2) is 12.3. The van der Waals surface area contributed by atoms with Crippen LogP contribution in [0.5, 0.6) is 0 Å². The highest BCUT2D eigenvalue weighted by molar-refractivity contribution is 6.25. The highest BCUT2D eigenvalue weighted by Crippen LogP contribution is 2.47. The number of hydrogen-bond acceptors (Lipinski definition) is 2. The summed E-state index contributed by atoms with van der Waals surface area (Å²) in [5.41, 5.74) is 8.13. The van der Waals surface area contributed by atoms with Gasteiger partial charge in [-0.2, -0.15) is 0 Å². The van der Waals surface area contributed by atoms with Crippen LogP contribution in [0.2, 0.25) is 0 Å². The third-order valence-corrected chi connectivity index (χ3v) is 10.1. The molecule has 0 aliphatic heterocycles. The van der Waals surface area contributed by atoms with Gasteiger partial charge in [0.1, 0.15) is 5.82 Å². The lowest BCUT2D eigenvalue weighted by molar-refractivity contribution is 0.569. The van der Waals surface area contributed by atoms with Gasteiger partial charge in [-0.3, -0.25) is 4.90 Å². The topological polar surface area (TPSA) is 16.1 Å². The molecule has 1 aromatic heterocycles. The SMILES string of the molecule is CC(C)(C)c1cccc(N(c2ccccc2)c2ccc(-c3c4ccccc4c(-c4cc5ccccc5c5ccccc45)c4ccccc34)cc2)n1. The minimum Gasteiger partial charge on any atom is -0.295 e. The third-order valence-electron chi connectivity index (χ3n) is 10.1. The first-order valence-electron chi connectivity index (χ1n) is 17.7. The molecule has 0 unspecified atom stereocenters. The first-order chi connectivity index (χ1) is 25.0. The van der Waals surface area contributed by atoms with Gasteiger partial charge in [0.2, 0.25) is 0 Å². The third kappa shape index (κ3) is 5.32. The summed E-state index contributed by atoms with van der Waals surface area (Å²) in [6.45, 7) is 6.63. The van der Waals surface area contributed by atoms with Crippen LogP contribution in [0, 0.1) is 0 Å². The number of para-hydroxylation sites is 1. The van der Waals surface area contributed by atoms with Crippen LogP contribution in [0.4, 0.5) is 17.2 Å². The molecule has 2 heteroatoms. The quantitative estimate of drug-likeness (QED) is 0.136. The standard InChI is InChI=1S/C49H38N2/c1-49(2,3)45-26-15-27-46(50-45)51(35-17-5-4-6-18-35)36-30-28-33(29-31-36)47-40-22-11-13-24-42(40)48(43-25-14-12-23-41(43)47)44-32-34-16-7-8-19-37(34)38-20-9-10-21-39(38)44/h4-32H,1-3H3. The van der Waals surface area contributed by atoms with Gasteiger partial charge in [0.25, 0.3) is 0 Å². The van der Waals surface area contributed by atoms with E-state index in [9.17, 15) is 0 Å². The van der Waals surface area contributed by atoms with E-state index in [1.807, 2.05) is 0 Å². The molecule has 0 N–H and O–H groups in total. The fourth-order valence-electron chi connectivity index (χ4n) is 7.72. The Labute approximate surface area is 299 Å². The first kappa shape index (κ1) is 30.8. The Morgan fingerprint density at radius 3 is 1.55 bits per heavy atom. The van der Waals surface area contributed by atoms with Crippen molar-refractivity contribution in [3.63, 3.8) is 0 Å². The lowest BCUT2D eigenvalue weighted by Crippen LogP contribution is -2.17. The Morgan fingerprint density at radius 2 is 0.922 bits per heavy atom. The molecule has 51 heavy (non-hydrogen) atoms. The molecular formula is C49H38N2. The summed E-state index contributed by atoms with van der Waals surface area (Å²) in [7, 11) is 0. The van der Waals surface area contributed by atoms with Crippen LogP contribution in [0.25, 0.3) is 65.3 Å². The monoisotopic (exact) mass is 654 g/mol. The van der Waals surface area contributed by atoms with E-state index >= 15 is 0 Å². The molecule has 0 radical (unpaired) electrons. The summed E-state index contributed by atoms with van der Waals surface area (Å²) in [5.74, 6) is 0.907. The summed E-state index contributed by atoms with van der Waals surface area (Å²) in [4.78, 5) is 7.42. The van der Waals surface area contributed by atoms with E-state index < -0.39 is 0 Å². The van der Waals surface area contributed by atoms with E-state index in [0.29, 0.717) is 0 Å². The molecule has 0 saturated carbocycles. The van der Waals surface area contributed by atoms with Crippen LogP contribution >= 0.6 is 0 Å².